The number of carboxylic acids is 1. The van der Waals surface area contributed by atoms with Crippen molar-refractivity contribution in [3.8, 4) is 11.1 Å². The highest BCUT2D eigenvalue weighted by molar-refractivity contribution is 5.85. The Morgan fingerprint density at radius 2 is 1.59 bits per heavy atom. The van der Waals surface area contributed by atoms with Crippen molar-refractivity contribution in [1.29, 1.82) is 0 Å². The summed E-state index contributed by atoms with van der Waals surface area (Å²) in [5.41, 5.74) is 4.57. The van der Waals surface area contributed by atoms with Crippen LogP contribution in [0.4, 0.5) is 4.79 Å². The van der Waals surface area contributed by atoms with E-state index in [-0.39, 0.29) is 30.9 Å². The largest absolute Gasteiger partial charge is 0.480 e. The Hall–Kier alpha value is -3.35. The number of ether oxygens (including phenoxy) is 1. The fraction of sp³-hybridized carbons (Fsp3) is 0.444. The average Bonchev–Trinajstić information content (AvgIpc) is 3.13. The van der Waals surface area contributed by atoms with Crippen LogP contribution in [0, 0.1) is 11.8 Å². The molecule has 34 heavy (non-hydrogen) atoms. The zero-order valence-electron chi connectivity index (χ0n) is 20.0. The maximum Gasteiger partial charge on any atom is 0.407 e. The lowest BCUT2D eigenvalue weighted by Gasteiger charge is -2.21. The van der Waals surface area contributed by atoms with Crippen LogP contribution < -0.4 is 10.6 Å². The molecule has 1 aliphatic carbocycles. The summed E-state index contributed by atoms with van der Waals surface area (Å²) in [4.78, 5) is 36.7. The van der Waals surface area contributed by atoms with E-state index in [4.69, 9.17) is 4.74 Å². The number of carboxylic acid groups (broad SMARTS) is 1. The number of hydrogen-bond donors (Lipinski definition) is 3. The van der Waals surface area contributed by atoms with Gasteiger partial charge in [0.05, 0.1) is 5.92 Å². The van der Waals surface area contributed by atoms with Crippen molar-refractivity contribution in [2.45, 2.75) is 52.0 Å². The summed E-state index contributed by atoms with van der Waals surface area (Å²) in [6.07, 6.45) is 1.02. The molecule has 182 valence electrons. The molecule has 0 bridgehead atoms. The number of benzene rings is 2. The van der Waals surface area contributed by atoms with Crippen molar-refractivity contribution in [2.24, 2.45) is 11.8 Å². The number of hydrogen-bond acceptors (Lipinski definition) is 4. The summed E-state index contributed by atoms with van der Waals surface area (Å²) in [7, 11) is 0. The zero-order valence-corrected chi connectivity index (χ0v) is 20.0. The number of carbonyl (C=O) groups excluding carboxylic acids is 2. The summed E-state index contributed by atoms with van der Waals surface area (Å²) in [6, 6.07) is 15.3. The van der Waals surface area contributed by atoms with Crippen LogP contribution in [-0.4, -0.2) is 42.3 Å². The first-order valence-electron chi connectivity index (χ1n) is 11.9. The van der Waals surface area contributed by atoms with E-state index in [9.17, 15) is 19.5 Å². The number of fused-ring (bicyclic) bond motifs is 3. The molecule has 3 N–H and O–H groups in total. The summed E-state index contributed by atoms with van der Waals surface area (Å²) in [6.45, 7) is 6.04. The predicted molar refractivity (Wildman–Crippen MR) is 130 cm³/mol. The van der Waals surface area contributed by atoms with Crippen molar-refractivity contribution in [3.63, 3.8) is 0 Å². The molecule has 0 radical (unpaired) electrons. The average molecular weight is 467 g/mol. The normalized spacial score (nSPS) is 14.1. The minimum Gasteiger partial charge on any atom is -0.480 e. The van der Waals surface area contributed by atoms with Gasteiger partial charge in [-0.15, -0.1) is 0 Å². The molecule has 3 rings (SSSR count). The van der Waals surface area contributed by atoms with Gasteiger partial charge in [-0.1, -0.05) is 75.7 Å². The molecule has 0 aromatic heterocycles. The topological polar surface area (TPSA) is 105 Å². The van der Waals surface area contributed by atoms with Gasteiger partial charge in [-0.05, 0) is 41.0 Å². The van der Waals surface area contributed by atoms with Gasteiger partial charge in [-0.25, -0.2) is 9.59 Å². The molecule has 0 saturated heterocycles. The Labute approximate surface area is 200 Å². The molecule has 0 aliphatic heterocycles. The van der Waals surface area contributed by atoms with Crippen LogP contribution in [0.5, 0.6) is 0 Å². The second kappa shape index (κ2) is 11.7. The van der Waals surface area contributed by atoms with Gasteiger partial charge in [0.2, 0.25) is 5.91 Å². The molecular weight excluding hydrogens is 432 g/mol. The molecular formula is C27H34N2O5. The predicted octanol–water partition coefficient (Wildman–Crippen LogP) is 4.56. The highest BCUT2D eigenvalue weighted by Gasteiger charge is 2.30. The van der Waals surface area contributed by atoms with Gasteiger partial charge in [-0.2, -0.15) is 0 Å². The van der Waals surface area contributed by atoms with Crippen LogP contribution in [0.3, 0.4) is 0 Å². The van der Waals surface area contributed by atoms with Crippen molar-refractivity contribution in [1.82, 2.24) is 10.6 Å². The van der Waals surface area contributed by atoms with Crippen LogP contribution in [0.25, 0.3) is 11.1 Å². The molecule has 1 aliphatic rings. The molecule has 2 atom stereocenters. The first-order chi connectivity index (χ1) is 16.3. The van der Waals surface area contributed by atoms with E-state index in [1.54, 1.807) is 0 Å². The van der Waals surface area contributed by atoms with E-state index in [0.29, 0.717) is 12.8 Å². The molecule has 0 fully saturated rings. The minimum atomic E-state index is -1.05. The second-order valence-electron chi connectivity index (χ2n) is 9.22. The van der Waals surface area contributed by atoms with Crippen LogP contribution in [0.1, 0.15) is 57.1 Å². The lowest BCUT2D eigenvalue weighted by Crippen LogP contribution is -2.47. The summed E-state index contributed by atoms with van der Waals surface area (Å²) < 4.78 is 5.54. The van der Waals surface area contributed by atoms with Crippen molar-refractivity contribution in [2.75, 3.05) is 13.2 Å². The standard InChI is InChI=1S/C27H34N2O5/c1-4-9-18(25(30)29-24(26(31)32)14-17(2)3)15-28-27(33)34-16-23-21-12-7-5-10-19(21)20-11-6-8-13-22(20)23/h5-8,10-13,17-18,23-24H,4,9,14-16H2,1-3H3,(H,28,33)(H,29,30)(H,31,32)/t18?,24-/m1/s1. The third kappa shape index (κ3) is 6.16. The Bertz CT molecular complexity index is 974. The van der Waals surface area contributed by atoms with Crippen LogP contribution in [-0.2, 0) is 14.3 Å². The third-order valence-electron chi connectivity index (χ3n) is 6.17. The van der Waals surface area contributed by atoms with Gasteiger partial charge in [0.15, 0.2) is 0 Å². The quantitative estimate of drug-likeness (QED) is 0.450. The first kappa shape index (κ1) is 25.3. The molecule has 7 heteroatoms. The first-order valence-corrected chi connectivity index (χ1v) is 11.9. The number of aliphatic carboxylic acids is 1. The van der Waals surface area contributed by atoms with Crippen molar-refractivity contribution in [3.05, 3.63) is 59.7 Å². The molecule has 0 heterocycles. The van der Waals surface area contributed by atoms with Gasteiger partial charge < -0.3 is 20.5 Å². The smallest absolute Gasteiger partial charge is 0.407 e. The van der Waals surface area contributed by atoms with Gasteiger partial charge in [0.1, 0.15) is 12.6 Å². The molecule has 0 saturated carbocycles. The maximum atomic E-state index is 12.7. The Morgan fingerprint density at radius 3 is 2.12 bits per heavy atom. The van der Waals surface area contributed by atoms with E-state index < -0.39 is 24.0 Å². The number of alkyl carbamates (subject to hydrolysis) is 1. The van der Waals surface area contributed by atoms with Gasteiger partial charge in [0, 0.05) is 12.5 Å². The number of rotatable bonds is 11. The molecule has 1 unspecified atom stereocenters. The maximum absolute atomic E-state index is 12.7. The zero-order chi connectivity index (χ0) is 24.7. The monoisotopic (exact) mass is 466 g/mol. The number of amides is 2. The minimum absolute atomic E-state index is 0.0414. The van der Waals surface area contributed by atoms with E-state index in [1.165, 1.54) is 0 Å². The summed E-state index contributed by atoms with van der Waals surface area (Å²) in [5, 5.41) is 14.7. The molecule has 2 amide bonds. The summed E-state index contributed by atoms with van der Waals surface area (Å²) in [5.74, 6) is -1.86. The fourth-order valence-corrected chi connectivity index (χ4v) is 4.51. The molecule has 2 aromatic carbocycles. The highest BCUT2D eigenvalue weighted by Crippen LogP contribution is 2.44. The van der Waals surface area contributed by atoms with E-state index in [2.05, 4.69) is 34.9 Å². The lowest BCUT2D eigenvalue weighted by molar-refractivity contribution is -0.143. The third-order valence-corrected chi connectivity index (χ3v) is 6.17. The SMILES string of the molecule is CCCC(CNC(=O)OCC1c2ccccc2-c2ccccc21)C(=O)N[C@H](CC(C)C)C(=O)O. The van der Waals surface area contributed by atoms with Gasteiger partial charge in [0.25, 0.3) is 0 Å². The van der Waals surface area contributed by atoms with Crippen molar-refractivity contribution >= 4 is 18.0 Å². The van der Waals surface area contributed by atoms with Crippen molar-refractivity contribution < 1.29 is 24.2 Å². The highest BCUT2D eigenvalue weighted by atomic mass is 16.5. The second-order valence-corrected chi connectivity index (χ2v) is 9.22. The van der Waals surface area contributed by atoms with E-state index >= 15 is 0 Å². The van der Waals surface area contributed by atoms with Gasteiger partial charge in [-0.3, -0.25) is 4.79 Å². The molecule has 7 nitrogen and oxygen atoms in total. The molecule has 2 aromatic rings. The lowest BCUT2D eigenvalue weighted by atomic mass is 9.98. The van der Waals surface area contributed by atoms with Crippen LogP contribution >= 0.6 is 0 Å². The summed E-state index contributed by atoms with van der Waals surface area (Å²) >= 11 is 0. The Morgan fingerprint density at radius 1 is 1.00 bits per heavy atom. The van der Waals surface area contributed by atoms with Crippen LogP contribution in [0.2, 0.25) is 0 Å². The molecule has 0 spiro atoms. The Kier molecular flexibility index (Phi) is 8.68. The number of carbonyl (C=O) groups is 3. The van der Waals surface area contributed by atoms with Crippen LogP contribution in [0.15, 0.2) is 48.5 Å². The van der Waals surface area contributed by atoms with E-state index in [0.717, 1.165) is 28.7 Å². The number of nitrogens with one attached hydrogen (secondary N) is 2. The van der Waals surface area contributed by atoms with Gasteiger partial charge >= 0.3 is 12.1 Å². The van der Waals surface area contributed by atoms with E-state index in [1.807, 2.05) is 45.0 Å². The Balaban J connectivity index is 1.57. The fourth-order valence-electron chi connectivity index (χ4n) is 4.51.